The van der Waals surface area contributed by atoms with Crippen LogP contribution in [0.1, 0.15) is 52.9 Å². The van der Waals surface area contributed by atoms with Crippen LogP contribution in [0.5, 0.6) is 0 Å². The standard InChI is InChI=1S/C15H25NO4/c1-15(2,3)20-14(19)16-10-6-4-9(5-7-10)11-8-12(11)13(17)18/h9-12H,4-8H2,1-3H3,(H,16,19)(H,17,18). The van der Waals surface area contributed by atoms with Gasteiger partial charge in [-0.3, -0.25) is 4.79 Å². The summed E-state index contributed by atoms with van der Waals surface area (Å²) in [6.45, 7) is 5.55. The second kappa shape index (κ2) is 5.62. The van der Waals surface area contributed by atoms with Gasteiger partial charge in [-0.25, -0.2) is 4.79 Å². The lowest BCUT2D eigenvalue weighted by atomic mass is 9.82. The summed E-state index contributed by atoms with van der Waals surface area (Å²) in [7, 11) is 0. The minimum Gasteiger partial charge on any atom is -0.481 e. The average molecular weight is 283 g/mol. The van der Waals surface area contributed by atoms with E-state index in [9.17, 15) is 9.59 Å². The second-order valence-corrected chi connectivity index (χ2v) is 7.10. The molecule has 0 saturated heterocycles. The zero-order chi connectivity index (χ0) is 14.9. The van der Waals surface area contributed by atoms with Gasteiger partial charge in [-0.1, -0.05) is 0 Å². The van der Waals surface area contributed by atoms with Gasteiger partial charge in [0.15, 0.2) is 0 Å². The zero-order valence-corrected chi connectivity index (χ0v) is 12.5. The predicted molar refractivity (Wildman–Crippen MR) is 74.3 cm³/mol. The van der Waals surface area contributed by atoms with Gasteiger partial charge in [0.1, 0.15) is 5.60 Å². The number of aliphatic carboxylic acids is 1. The molecule has 2 aliphatic carbocycles. The topological polar surface area (TPSA) is 75.6 Å². The van der Waals surface area contributed by atoms with E-state index in [0.29, 0.717) is 11.8 Å². The second-order valence-electron chi connectivity index (χ2n) is 7.10. The van der Waals surface area contributed by atoms with Crippen molar-refractivity contribution < 1.29 is 19.4 Å². The Morgan fingerprint density at radius 1 is 1.15 bits per heavy atom. The van der Waals surface area contributed by atoms with E-state index in [2.05, 4.69) is 5.32 Å². The Morgan fingerprint density at radius 2 is 1.75 bits per heavy atom. The molecule has 2 aliphatic rings. The molecule has 0 aromatic carbocycles. The number of rotatable bonds is 3. The molecule has 2 unspecified atom stereocenters. The Hall–Kier alpha value is -1.26. The molecule has 0 radical (unpaired) electrons. The molecule has 2 atom stereocenters. The molecule has 0 aromatic heterocycles. The number of amides is 1. The van der Waals surface area contributed by atoms with Crippen LogP contribution in [0, 0.1) is 17.8 Å². The molecule has 2 rings (SSSR count). The molecular formula is C15H25NO4. The molecule has 2 N–H and O–H groups in total. The van der Waals surface area contributed by atoms with E-state index in [1.165, 1.54) is 0 Å². The number of hydrogen-bond acceptors (Lipinski definition) is 3. The first-order valence-electron chi connectivity index (χ1n) is 7.48. The lowest BCUT2D eigenvalue weighted by molar-refractivity contribution is -0.139. The number of carboxylic acids is 1. The highest BCUT2D eigenvalue weighted by molar-refractivity contribution is 5.73. The summed E-state index contributed by atoms with van der Waals surface area (Å²) in [6.07, 6.45) is 4.35. The van der Waals surface area contributed by atoms with Gasteiger partial charge < -0.3 is 15.2 Å². The van der Waals surface area contributed by atoms with E-state index >= 15 is 0 Å². The first-order chi connectivity index (χ1) is 9.26. The van der Waals surface area contributed by atoms with Crippen molar-refractivity contribution in [2.24, 2.45) is 17.8 Å². The number of alkyl carbamates (subject to hydrolysis) is 1. The Kier molecular flexibility index (Phi) is 4.25. The first kappa shape index (κ1) is 15.1. The Balaban J connectivity index is 1.70. The molecule has 1 amide bonds. The molecule has 0 aliphatic heterocycles. The largest absolute Gasteiger partial charge is 0.481 e. The SMILES string of the molecule is CC(C)(C)OC(=O)NC1CCC(C2CC2C(=O)O)CC1. The quantitative estimate of drug-likeness (QED) is 0.835. The summed E-state index contributed by atoms with van der Waals surface area (Å²) in [5.74, 6) is 0.127. The van der Waals surface area contributed by atoms with Gasteiger partial charge in [0, 0.05) is 6.04 Å². The van der Waals surface area contributed by atoms with E-state index in [1.54, 1.807) is 0 Å². The maximum absolute atomic E-state index is 11.7. The highest BCUT2D eigenvalue weighted by atomic mass is 16.6. The molecule has 0 heterocycles. The van der Waals surface area contributed by atoms with Gasteiger partial charge in [0.2, 0.25) is 0 Å². The van der Waals surface area contributed by atoms with Gasteiger partial charge in [-0.2, -0.15) is 0 Å². The summed E-state index contributed by atoms with van der Waals surface area (Å²) < 4.78 is 5.25. The maximum Gasteiger partial charge on any atom is 0.407 e. The zero-order valence-electron chi connectivity index (χ0n) is 12.5. The van der Waals surface area contributed by atoms with Crippen molar-refractivity contribution in [1.29, 1.82) is 0 Å². The summed E-state index contributed by atoms with van der Waals surface area (Å²) in [5.41, 5.74) is -0.468. The van der Waals surface area contributed by atoms with Crippen LogP contribution >= 0.6 is 0 Å². The first-order valence-corrected chi connectivity index (χ1v) is 7.48. The monoisotopic (exact) mass is 283 g/mol. The Morgan fingerprint density at radius 3 is 2.20 bits per heavy atom. The molecule has 0 bridgehead atoms. The van der Waals surface area contributed by atoms with Crippen molar-refractivity contribution in [3.05, 3.63) is 0 Å². The smallest absolute Gasteiger partial charge is 0.407 e. The summed E-state index contributed by atoms with van der Waals surface area (Å²) >= 11 is 0. The fourth-order valence-electron chi connectivity index (χ4n) is 3.19. The van der Waals surface area contributed by atoms with E-state index < -0.39 is 11.6 Å². The van der Waals surface area contributed by atoms with Gasteiger partial charge >= 0.3 is 12.1 Å². The number of ether oxygens (including phenoxy) is 1. The summed E-state index contributed by atoms with van der Waals surface area (Å²) in [6, 6.07) is 0.170. The summed E-state index contributed by atoms with van der Waals surface area (Å²) in [5, 5.41) is 11.9. The van der Waals surface area contributed by atoms with Crippen LogP contribution in [0.15, 0.2) is 0 Å². The number of hydrogen-bond donors (Lipinski definition) is 2. The number of nitrogens with one attached hydrogen (secondary N) is 1. The molecule has 20 heavy (non-hydrogen) atoms. The molecule has 114 valence electrons. The third-order valence-electron chi connectivity index (χ3n) is 4.26. The van der Waals surface area contributed by atoms with Gasteiger partial charge in [0.25, 0.3) is 0 Å². The Labute approximate surface area is 120 Å². The lowest BCUT2D eigenvalue weighted by Crippen LogP contribution is -2.41. The molecule has 0 aromatic rings. The van der Waals surface area contributed by atoms with E-state index in [0.717, 1.165) is 32.1 Å². The van der Waals surface area contributed by atoms with Gasteiger partial charge in [-0.15, -0.1) is 0 Å². The van der Waals surface area contributed by atoms with Crippen LogP contribution in [0.2, 0.25) is 0 Å². The minimum atomic E-state index is -0.649. The van der Waals surface area contributed by atoms with Crippen molar-refractivity contribution in [3.63, 3.8) is 0 Å². The van der Waals surface area contributed by atoms with E-state index in [4.69, 9.17) is 9.84 Å². The highest BCUT2D eigenvalue weighted by Crippen LogP contribution is 2.49. The molecule has 2 fully saturated rings. The third kappa shape index (κ3) is 4.12. The maximum atomic E-state index is 11.7. The number of carbonyl (C=O) groups excluding carboxylic acids is 1. The van der Waals surface area contributed by atoms with Gasteiger partial charge in [0.05, 0.1) is 5.92 Å². The van der Waals surface area contributed by atoms with Crippen molar-refractivity contribution >= 4 is 12.1 Å². The van der Waals surface area contributed by atoms with Crippen LogP contribution in [0.3, 0.4) is 0 Å². The fraction of sp³-hybridized carbons (Fsp3) is 0.867. The fourth-order valence-corrected chi connectivity index (χ4v) is 3.19. The molecular weight excluding hydrogens is 258 g/mol. The van der Waals surface area contributed by atoms with Crippen LogP contribution in [0.4, 0.5) is 4.79 Å². The molecule has 5 heteroatoms. The molecule has 2 saturated carbocycles. The van der Waals surface area contributed by atoms with Crippen LogP contribution in [-0.2, 0) is 9.53 Å². The number of carbonyl (C=O) groups is 2. The molecule has 0 spiro atoms. The van der Waals surface area contributed by atoms with Crippen LogP contribution in [-0.4, -0.2) is 28.8 Å². The van der Waals surface area contributed by atoms with E-state index in [1.807, 2.05) is 20.8 Å². The summed E-state index contributed by atoms with van der Waals surface area (Å²) in [4.78, 5) is 22.6. The average Bonchev–Trinajstić information content (AvgIpc) is 3.07. The normalized spacial score (nSPS) is 33.4. The van der Waals surface area contributed by atoms with Crippen molar-refractivity contribution in [2.75, 3.05) is 0 Å². The van der Waals surface area contributed by atoms with Gasteiger partial charge in [-0.05, 0) is 64.7 Å². The lowest BCUT2D eigenvalue weighted by Gasteiger charge is -2.30. The molecule has 5 nitrogen and oxygen atoms in total. The van der Waals surface area contributed by atoms with E-state index in [-0.39, 0.29) is 18.1 Å². The third-order valence-corrected chi connectivity index (χ3v) is 4.26. The Bertz CT molecular complexity index is 380. The van der Waals surface area contributed by atoms with Crippen molar-refractivity contribution in [2.45, 2.75) is 64.5 Å². The predicted octanol–water partition coefficient (Wildman–Crippen LogP) is 2.79. The van der Waals surface area contributed by atoms with Crippen molar-refractivity contribution in [3.8, 4) is 0 Å². The minimum absolute atomic E-state index is 0.115. The van der Waals surface area contributed by atoms with Crippen LogP contribution in [0.25, 0.3) is 0 Å². The highest BCUT2D eigenvalue weighted by Gasteiger charge is 2.48. The van der Waals surface area contributed by atoms with Crippen molar-refractivity contribution in [1.82, 2.24) is 5.32 Å². The van der Waals surface area contributed by atoms with Crippen LogP contribution < -0.4 is 5.32 Å². The number of carboxylic acid groups (broad SMARTS) is 1.